The topological polar surface area (TPSA) is 62.2 Å². The standard InChI is InChI=1S/C16H23N5S.HI/c1-4-17-16(19-9-13-7-5-6-8-18-13)20-10-15-21-14(11-22-15)12(2)3;/h5-8,11-12H,4,9-10H2,1-3H3,(H2,17,19,20);1H. The smallest absolute Gasteiger partial charge is 0.191 e. The SMILES string of the molecule is CCNC(=NCc1ccccn1)NCc1nc(C(C)C)cs1.I. The Bertz CT molecular complexity index is 598. The summed E-state index contributed by atoms with van der Waals surface area (Å²) < 4.78 is 0. The first-order chi connectivity index (χ1) is 10.7. The number of thiazole rings is 1. The Labute approximate surface area is 159 Å². The van der Waals surface area contributed by atoms with Crippen molar-refractivity contribution in [2.24, 2.45) is 4.99 Å². The Balaban J connectivity index is 0.00000264. The second-order valence-corrected chi connectivity index (χ2v) is 6.13. The molecule has 0 atom stereocenters. The number of halogens is 1. The second-order valence-electron chi connectivity index (χ2n) is 5.19. The summed E-state index contributed by atoms with van der Waals surface area (Å²) in [5, 5.41) is 9.76. The van der Waals surface area contributed by atoms with E-state index in [1.807, 2.05) is 18.2 Å². The Morgan fingerprint density at radius 3 is 2.74 bits per heavy atom. The minimum atomic E-state index is 0. The van der Waals surface area contributed by atoms with Gasteiger partial charge in [-0.15, -0.1) is 35.3 Å². The van der Waals surface area contributed by atoms with E-state index >= 15 is 0 Å². The van der Waals surface area contributed by atoms with E-state index < -0.39 is 0 Å². The van der Waals surface area contributed by atoms with Crippen LogP contribution in [-0.2, 0) is 13.1 Å². The van der Waals surface area contributed by atoms with Gasteiger partial charge < -0.3 is 10.6 Å². The molecule has 2 rings (SSSR count). The average Bonchev–Trinajstić information content (AvgIpc) is 3.00. The summed E-state index contributed by atoms with van der Waals surface area (Å²) in [7, 11) is 0. The third kappa shape index (κ3) is 6.82. The number of nitrogens with zero attached hydrogens (tertiary/aromatic N) is 3. The van der Waals surface area contributed by atoms with Gasteiger partial charge in [0.25, 0.3) is 0 Å². The molecule has 0 saturated heterocycles. The fourth-order valence-electron chi connectivity index (χ4n) is 1.82. The molecule has 7 heteroatoms. The third-order valence-corrected chi connectivity index (χ3v) is 3.90. The minimum absolute atomic E-state index is 0. The van der Waals surface area contributed by atoms with Gasteiger partial charge in [0.15, 0.2) is 5.96 Å². The third-order valence-electron chi connectivity index (χ3n) is 3.04. The molecular weight excluding hydrogens is 421 g/mol. The van der Waals surface area contributed by atoms with Gasteiger partial charge in [-0.05, 0) is 25.0 Å². The van der Waals surface area contributed by atoms with Gasteiger partial charge in [0.2, 0.25) is 0 Å². The predicted octanol–water partition coefficient (Wildman–Crippen LogP) is 3.53. The normalized spacial score (nSPS) is 11.2. The van der Waals surface area contributed by atoms with Crippen LogP contribution >= 0.6 is 35.3 Å². The summed E-state index contributed by atoms with van der Waals surface area (Å²) in [6.45, 7) is 8.44. The number of guanidine groups is 1. The van der Waals surface area contributed by atoms with Crippen molar-refractivity contribution in [2.45, 2.75) is 39.8 Å². The Hall–Kier alpha value is -1.22. The first-order valence-electron chi connectivity index (χ1n) is 7.55. The molecule has 0 bridgehead atoms. The highest BCUT2D eigenvalue weighted by atomic mass is 127. The molecule has 2 aromatic rings. The van der Waals surface area contributed by atoms with Crippen LogP contribution in [0.5, 0.6) is 0 Å². The molecule has 0 aliphatic carbocycles. The molecular formula is C16H24IN5S. The lowest BCUT2D eigenvalue weighted by atomic mass is 10.2. The number of hydrogen-bond acceptors (Lipinski definition) is 4. The summed E-state index contributed by atoms with van der Waals surface area (Å²) in [6, 6.07) is 5.86. The van der Waals surface area contributed by atoms with Gasteiger partial charge in [-0.1, -0.05) is 19.9 Å². The number of hydrogen-bond donors (Lipinski definition) is 2. The zero-order chi connectivity index (χ0) is 15.8. The maximum atomic E-state index is 4.62. The van der Waals surface area contributed by atoms with Crippen LogP contribution in [0.3, 0.4) is 0 Å². The van der Waals surface area contributed by atoms with Crippen molar-refractivity contribution >= 4 is 41.3 Å². The van der Waals surface area contributed by atoms with E-state index in [0.29, 0.717) is 19.0 Å². The molecule has 5 nitrogen and oxygen atoms in total. The Morgan fingerprint density at radius 1 is 1.30 bits per heavy atom. The van der Waals surface area contributed by atoms with Crippen LogP contribution in [0.15, 0.2) is 34.8 Å². The molecule has 0 aromatic carbocycles. The van der Waals surface area contributed by atoms with Crippen molar-refractivity contribution in [3.8, 4) is 0 Å². The zero-order valence-electron chi connectivity index (χ0n) is 13.7. The van der Waals surface area contributed by atoms with Crippen LogP contribution in [0.4, 0.5) is 0 Å². The second kappa shape index (κ2) is 10.5. The largest absolute Gasteiger partial charge is 0.357 e. The van der Waals surface area contributed by atoms with E-state index in [-0.39, 0.29) is 24.0 Å². The van der Waals surface area contributed by atoms with Crippen LogP contribution in [0.2, 0.25) is 0 Å². The highest BCUT2D eigenvalue weighted by molar-refractivity contribution is 14.0. The summed E-state index contributed by atoms with van der Waals surface area (Å²) in [5.41, 5.74) is 2.10. The summed E-state index contributed by atoms with van der Waals surface area (Å²) in [6.07, 6.45) is 1.79. The molecule has 0 fully saturated rings. The molecule has 0 aliphatic rings. The number of rotatable bonds is 6. The first-order valence-corrected chi connectivity index (χ1v) is 8.43. The molecule has 2 aromatic heterocycles. The van der Waals surface area contributed by atoms with E-state index in [1.54, 1.807) is 17.5 Å². The van der Waals surface area contributed by atoms with E-state index in [1.165, 1.54) is 0 Å². The molecule has 23 heavy (non-hydrogen) atoms. The van der Waals surface area contributed by atoms with Gasteiger partial charge in [0.05, 0.1) is 24.5 Å². The van der Waals surface area contributed by atoms with Crippen LogP contribution in [0.25, 0.3) is 0 Å². The van der Waals surface area contributed by atoms with Crippen molar-refractivity contribution in [3.63, 3.8) is 0 Å². The van der Waals surface area contributed by atoms with Gasteiger partial charge >= 0.3 is 0 Å². The Morgan fingerprint density at radius 2 is 2.13 bits per heavy atom. The van der Waals surface area contributed by atoms with Crippen LogP contribution in [0.1, 0.15) is 43.1 Å². The molecule has 0 amide bonds. The summed E-state index contributed by atoms with van der Waals surface area (Å²) >= 11 is 1.68. The van der Waals surface area contributed by atoms with E-state index in [9.17, 15) is 0 Å². The average molecular weight is 445 g/mol. The zero-order valence-corrected chi connectivity index (χ0v) is 16.9. The predicted molar refractivity (Wildman–Crippen MR) is 108 cm³/mol. The van der Waals surface area contributed by atoms with Crippen LogP contribution in [0, 0.1) is 0 Å². The number of aromatic nitrogens is 2. The highest BCUT2D eigenvalue weighted by Crippen LogP contribution is 2.17. The highest BCUT2D eigenvalue weighted by Gasteiger charge is 2.06. The maximum absolute atomic E-state index is 4.62. The lowest BCUT2D eigenvalue weighted by Gasteiger charge is -2.10. The first kappa shape index (κ1) is 19.8. The van der Waals surface area contributed by atoms with Gasteiger partial charge in [-0.3, -0.25) is 4.98 Å². The van der Waals surface area contributed by atoms with Gasteiger partial charge in [-0.25, -0.2) is 9.98 Å². The fourth-order valence-corrected chi connectivity index (χ4v) is 2.72. The quantitative estimate of drug-likeness (QED) is 0.406. The van der Waals surface area contributed by atoms with Gasteiger partial charge in [0, 0.05) is 18.1 Å². The van der Waals surface area contributed by atoms with Crippen molar-refractivity contribution in [3.05, 3.63) is 46.2 Å². The summed E-state index contributed by atoms with van der Waals surface area (Å²) in [5.74, 6) is 1.26. The van der Waals surface area contributed by atoms with Gasteiger partial charge in [-0.2, -0.15) is 0 Å². The van der Waals surface area contributed by atoms with Crippen molar-refractivity contribution in [2.75, 3.05) is 6.54 Å². The van der Waals surface area contributed by atoms with Crippen LogP contribution < -0.4 is 10.6 Å². The van der Waals surface area contributed by atoms with Crippen molar-refractivity contribution < 1.29 is 0 Å². The number of pyridine rings is 1. The van der Waals surface area contributed by atoms with Crippen molar-refractivity contribution in [1.29, 1.82) is 0 Å². The lowest BCUT2D eigenvalue weighted by molar-refractivity contribution is 0.786. The van der Waals surface area contributed by atoms with E-state index in [0.717, 1.165) is 28.9 Å². The molecule has 2 N–H and O–H groups in total. The molecule has 0 aliphatic heterocycles. The molecule has 0 saturated carbocycles. The Kier molecular flexibility index (Phi) is 9.08. The monoisotopic (exact) mass is 445 g/mol. The fraction of sp³-hybridized carbons (Fsp3) is 0.438. The van der Waals surface area contributed by atoms with Crippen molar-refractivity contribution in [1.82, 2.24) is 20.6 Å². The van der Waals surface area contributed by atoms with Crippen LogP contribution in [-0.4, -0.2) is 22.5 Å². The number of nitrogens with one attached hydrogen (secondary N) is 2. The number of aliphatic imine (C=N–C) groups is 1. The maximum Gasteiger partial charge on any atom is 0.191 e. The van der Waals surface area contributed by atoms with E-state index in [4.69, 9.17) is 0 Å². The molecule has 0 spiro atoms. The molecule has 0 radical (unpaired) electrons. The van der Waals surface area contributed by atoms with E-state index in [2.05, 4.69) is 51.7 Å². The molecule has 0 unspecified atom stereocenters. The molecule has 126 valence electrons. The molecule has 2 heterocycles. The minimum Gasteiger partial charge on any atom is -0.357 e. The van der Waals surface area contributed by atoms with Gasteiger partial charge in [0.1, 0.15) is 5.01 Å². The summed E-state index contributed by atoms with van der Waals surface area (Å²) in [4.78, 5) is 13.4. The lowest BCUT2D eigenvalue weighted by Crippen LogP contribution is -2.36.